The molecule has 0 aliphatic carbocycles. The first-order valence-corrected chi connectivity index (χ1v) is 10.8. The summed E-state index contributed by atoms with van der Waals surface area (Å²) in [5, 5.41) is 0. The predicted octanol–water partition coefficient (Wildman–Crippen LogP) is 4.26. The van der Waals surface area contributed by atoms with Crippen LogP contribution in [0.4, 0.5) is 13.2 Å². The molecule has 32 heavy (non-hydrogen) atoms. The number of ether oxygens (including phenoxy) is 2. The summed E-state index contributed by atoms with van der Waals surface area (Å²) >= 11 is 0. The molecule has 2 heterocycles. The molecular formula is C24H27F3N2O3. The number of fused-ring (bicyclic) bond motifs is 1. The van der Waals surface area contributed by atoms with Gasteiger partial charge in [0.2, 0.25) is 5.91 Å². The molecule has 4 rings (SSSR count). The number of alkyl halides is 3. The molecule has 8 heteroatoms. The highest BCUT2D eigenvalue weighted by Gasteiger charge is 2.63. The Morgan fingerprint density at radius 2 is 1.84 bits per heavy atom. The zero-order valence-electron chi connectivity index (χ0n) is 18.0. The Morgan fingerprint density at radius 3 is 2.56 bits per heavy atom. The van der Waals surface area contributed by atoms with E-state index in [1.165, 1.54) is 4.90 Å². The minimum Gasteiger partial charge on any atom is -0.486 e. The second-order valence-corrected chi connectivity index (χ2v) is 8.29. The Balaban J connectivity index is 1.56. The Bertz CT molecular complexity index is 951. The van der Waals surface area contributed by atoms with E-state index < -0.39 is 17.5 Å². The third-order valence-electron chi connectivity index (χ3n) is 6.23. The summed E-state index contributed by atoms with van der Waals surface area (Å²) in [6.07, 6.45) is -4.89. The topological polar surface area (TPSA) is 42.0 Å². The third kappa shape index (κ3) is 4.28. The lowest BCUT2D eigenvalue weighted by Crippen LogP contribution is -2.53. The number of likely N-dealkylation sites (tertiary alicyclic amines) is 1. The van der Waals surface area contributed by atoms with Gasteiger partial charge in [0, 0.05) is 31.7 Å². The molecule has 0 saturated carbocycles. The Morgan fingerprint density at radius 1 is 1.09 bits per heavy atom. The molecule has 1 atom stereocenters. The minimum atomic E-state index is -4.64. The van der Waals surface area contributed by atoms with Crippen molar-refractivity contribution in [1.29, 1.82) is 0 Å². The summed E-state index contributed by atoms with van der Waals surface area (Å²) in [4.78, 5) is 16.4. The zero-order valence-corrected chi connectivity index (χ0v) is 18.0. The summed E-state index contributed by atoms with van der Waals surface area (Å²) < 4.78 is 54.4. The average Bonchev–Trinajstić information content (AvgIpc) is 3.23. The standard InChI is InChI=1S/C24H27F3N2O3/c1-2-29(16-19-9-6-10-20-21(19)32-14-13-31-20)22(30)23(24(25,26)27)11-12-28(17-23)15-18-7-4-3-5-8-18/h3-10H,2,11-17H2,1H3. The number of carbonyl (C=O) groups excluding carboxylic acids is 1. The molecule has 0 bridgehead atoms. The van der Waals surface area contributed by atoms with Crippen molar-refractivity contribution in [2.24, 2.45) is 5.41 Å². The van der Waals surface area contributed by atoms with Gasteiger partial charge in [-0.1, -0.05) is 42.5 Å². The molecule has 0 N–H and O–H groups in total. The number of carbonyl (C=O) groups is 1. The van der Waals surface area contributed by atoms with E-state index >= 15 is 0 Å². The fourth-order valence-corrected chi connectivity index (χ4v) is 4.49. The van der Waals surface area contributed by atoms with Crippen molar-refractivity contribution in [3.63, 3.8) is 0 Å². The lowest BCUT2D eigenvalue weighted by molar-refractivity contribution is -0.224. The average molecular weight is 448 g/mol. The number of nitrogens with zero attached hydrogens (tertiary/aromatic N) is 2. The van der Waals surface area contributed by atoms with Crippen LogP contribution in [0.15, 0.2) is 48.5 Å². The number of amides is 1. The van der Waals surface area contributed by atoms with Gasteiger partial charge < -0.3 is 14.4 Å². The van der Waals surface area contributed by atoms with Crippen molar-refractivity contribution in [2.45, 2.75) is 32.6 Å². The smallest absolute Gasteiger partial charge is 0.404 e. The third-order valence-corrected chi connectivity index (χ3v) is 6.23. The molecule has 1 saturated heterocycles. The van der Waals surface area contributed by atoms with E-state index in [-0.39, 0.29) is 32.6 Å². The van der Waals surface area contributed by atoms with Gasteiger partial charge in [-0.2, -0.15) is 13.2 Å². The van der Waals surface area contributed by atoms with Crippen LogP contribution in [0.2, 0.25) is 0 Å². The van der Waals surface area contributed by atoms with Crippen LogP contribution in [-0.4, -0.2) is 54.7 Å². The first kappa shape index (κ1) is 22.5. The summed E-state index contributed by atoms with van der Waals surface area (Å²) in [7, 11) is 0. The van der Waals surface area contributed by atoms with E-state index in [4.69, 9.17) is 9.47 Å². The number of hydrogen-bond acceptors (Lipinski definition) is 4. The van der Waals surface area contributed by atoms with Crippen LogP contribution in [0.1, 0.15) is 24.5 Å². The summed E-state index contributed by atoms with van der Waals surface area (Å²) in [5.41, 5.74) is -0.837. The maximum absolute atomic E-state index is 14.4. The molecule has 0 spiro atoms. The van der Waals surface area contributed by atoms with Crippen LogP contribution in [0.25, 0.3) is 0 Å². The summed E-state index contributed by atoms with van der Waals surface area (Å²) in [5.74, 6) is 0.179. The van der Waals surface area contributed by atoms with Crippen molar-refractivity contribution in [3.05, 3.63) is 59.7 Å². The molecule has 2 aromatic carbocycles. The van der Waals surface area contributed by atoms with E-state index in [1.54, 1.807) is 30.0 Å². The van der Waals surface area contributed by atoms with E-state index in [9.17, 15) is 18.0 Å². The van der Waals surface area contributed by atoms with Gasteiger partial charge in [0.05, 0.1) is 0 Å². The predicted molar refractivity (Wildman–Crippen MR) is 113 cm³/mol. The fraction of sp³-hybridized carbons (Fsp3) is 0.458. The SMILES string of the molecule is CCN(Cc1cccc2c1OCCO2)C(=O)C1(C(F)(F)F)CCN(Cc2ccccc2)C1. The van der Waals surface area contributed by atoms with Gasteiger partial charge in [-0.25, -0.2) is 0 Å². The summed E-state index contributed by atoms with van der Waals surface area (Å²) in [6.45, 7) is 2.95. The molecule has 2 aromatic rings. The Labute approximate surface area is 185 Å². The van der Waals surface area contributed by atoms with Crippen molar-refractivity contribution < 1.29 is 27.4 Å². The Kier molecular flexibility index (Phi) is 6.33. The van der Waals surface area contributed by atoms with Crippen LogP contribution < -0.4 is 9.47 Å². The monoisotopic (exact) mass is 448 g/mol. The van der Waals surface area contributed by atoms with Crippen molar-refractivity contribution in [1.82, 2.24) is 9.80 Å². The number of hydrogen-bond donors (Lipinski definition) is 0. The van der Waals surface area contributed by atoms with Gasteiger partial charge in [0.25, 0.3) is 0 Å². The molecule has 1 amide bonds. The van der Waals surface area contributed by atoms with Gasteiger partial charge in [0.15, 0.2) is 16.9 Å². The maximum atomic E-state index is 14.4. The van der Waals surface area contributed by atoms with Gasteiger partial charge >= 0.3 is 6.18 Å². The van der Waals surface area contributed by atoms with Gasteiger partial charge in [0.1, 0.15) is 13.2 Å². The van der Waals surface area contributed by atoms with Crippen LogP contribution in [0.5, 0.6) is 11.5 Å². The lowest BCUT2D eigenvalue weighted by Gasteiger charge is -2.36. The molecule has 0 radical (unpaired) electrons. The highest BCUT2D eigenvalue weighted by atomic mass is 19.4. The first-order chi connectivity index (χ1) is 15.3. The maximum Gasteiger partial charge on any atom is 0.404 e. The van der Waals surface area contributed by atoms with Crippen LogP contribution >= 0.6 is 0 Å². The van der Waals surface area contributed by atoms with E-state index in [2.05, 4.69) is 0 Å². The van der Waals surface area contributed by atoms with E-state index in [0.29, 0.717) is 36.8 Å². The van der Waals surface area contributed by atoms with E-state index in [0.717, 1.165) is 5.56 Å². The molecule has 0 aromatic heterocycles. The molecular weight excluding hydrogens is 421 g/mol. The van der Waals surface area contributed by atoms with Gasteiger partial charge in [-0.05, 0) is 31.5 Å². The van der Waals surface area contributed by atoms with Crippen LogP contribution in [-0.2, 0) is 17.9 Å². The highest BCUT2D eigenvalue weighted by molar-refractivity contribution is 5.84. The molecule has 1 unspecified atom stereocenters. The second-order valence-electron chi connectivity index (χ2n) is 8.29. The highest BCUT2D eigenvalue weighted by Crippen LogP contribution is 2.47. The Hall–Kier alpha value is -2.74. The quantitative estimate of drug-likeness (QED) is 0.662. The number of halogens is 3. The van der Waals surface area contributed by atoms with E-state index in [1.807, 2.05) is 30.3 Å². The number of para-hydroxylation sites is 1. The van der Waals surface area contributed by atoms with Crippen LogP contribution in [0, 0.1) is 5.41 Å². The van der Waals surface area contributed by atoms with Gasteiger partial charge in [-0.15, -0.1) is 0 Å². The molecule has 2 aliphatic heterocycles. The first-order valence-electron chi connectivity index (χ1n) is 10.8. The molecule has 5 nitrogen and oxygen atoms in total. The van der Waals surface area contributed by atoms with Crippen molar-refractivity contribution in [2.75, 3.05) is 32.8 Å². The lowest BCUT2D eigenvalue weighted by atomic mass is 9.84. The minimum absolute atomic E-state index is 0.0401. The molecule has 2 aliphatic rings. The number of rotatable bonds is 6. The normalized spacial score (nSPS) is 20.9. The van der Waals surface area contributed by atoms with Gasteiger partial charge in [-0.3, -0.25) is 9.69 Å². The number of benzene rings is 2. The summed E-state index contributed by atoms with van der Waals surface area (Å²) in [6, 6.07) is 14.6. The zero-order chi connectivity index (χ0) is 22.8. The van der Waals surface area contributed by atoms with Crippen molar-refractivity contribution >= 4 is 5.91 Å². The van der Waals surface area contributed by atoms with Crippen LogP contribution in [0.3, 0.4) is 0 Å². The molecule has 1 fully saturated rings. The molecule has 172 valence electrons. The fourth-order valence-electron chi connectivity index (χ4n) is 4.49. The second kappa shape index (κ2) is 9.02. The largest absolute Gasteiger partial charge is 0.486 e. The van der Waals surface area contributed by atoms with Crippen molar-refractivity contribution in [3.8, 4) is 11.5 Å².